The van der Waals surface area contributed by atoms with Crippen LogP contribution in [0.1, 0.15) is 16.6 Å². The van der Waals surface area contributed by atoms with Crippen LogP contribution < -0.4 is 10.5 Å². The molecule has 2 N–H and O–H groups in total. The molecular weight excluding hydrogens is 348 g/mol. The molecule has 5 heteroatoms. The van der Waals surface area contributed by atoms with E-state index in [4.69, 9.17) is 10.5 Å². The van der Waals surface area contributed by atoms with Crippen LogP contribution in [0.4, 0.5) is 0 Å². The Morgan fingerprint density at radius 2 is 2.10 bits per heavy atom. The molecule has 0 fully saturated rings. The highest BCUT2D eigenvalue weighted by Crippen LogP contribution is 2.30. The smallest absolute Gasteiger partial charge is 0.133 e. The maximum atomic E-state index is 6.31. The number of aromatic nitrogens is 1. The second-order valence-electron chi connectivity index (χ2n) is 4.80. The molecule has 21 heavy (non-hydrogen) atoms. The molecular formula is C16H15BrN2OS. The molecule has 0 aliphatic carbocycles. The fourth-order valence-corrected chi connectivity index (χ4v) is 3.78. The van der Waals surface area contributed by atoms with Crippen molar-refractivity contribution in [1.82, 2.24) is 4.98 Å². The van der Waals surface area contributed by atoms with Crippen molar-refractivity contribution in [2.45, 2.75) is 12.5 Å². The first-order valence-corrected chi connectivity index (χ1v) is 8.22. The average Bonchev–Trinajstić information content (AvgIpc) is 2.91. The quantitative estimate of drug-likeness (QED) is 0.752. The molecule has 1 aromatic heterocycles. The maximum absolute atomic E-state index is 6.31. The normalized spacial score (nSPS) is 12.5. The van der Waals surface area contributed by atoms with Crippen molar-refractivity contribution >= 4 is 37.5 Å². The highest BCUT2D eigenvalue weighted by atomic mass is 79.9. The van der Waals surface area contributed by atoms with Crippen molar-refractivity contribution in [2.75, 3.05) is 7.11 Å². The Bertz CT molecular complexity index is 739. The van der Waals surface area contributed by atoms with Gasteiger partial charge in [-0.05, 0) is 52.2 Å². The fourth-order valence-electron chi connectivity index (χ4n) is 2.23. The second-order valence-corrected chi connectivity index (χ2v) is 6.72. The lowest BCUT2D eigenvalue weighted by Gasteiger charge is -2.10. The van der Waals surface area contributed by atoms with Gasteiger partial charge in [-0.2, -0.15) is 0 Å². The lowest BCUT2D eigenvalue weighted by atomic mass is 10.1. The Kier molecular flexibility index (Phi) is 4.24. The van der Waals surface area contributed by atoms with Crippen molar-refractivity contribution in [3.05, 3.63) is 57.5 Å². The van der Waals surface area contributed by atoms with Crippen molar-refractivity contribution in [3.8, 4) is 5.75 Å². The monoisotopic (exact) mass is 362 g/mol. The van der Waals surface area contributed by atoms with E-state index in [2.05, 4.69) is 27.0 Å². The molecule has 1 unspecified atom stereocenters. The van der Waals surface area contributed by atoms with Crippen LogP contribution in [0.5, 0.6) is 5.75 Å². The molecule has 0 spiro atoms. The number of hydrogen-bond acceptors (Lipinski definition) is 4. The number of rotatable bonds is 4. The van der Waals surface area contributed by atoms with E-state index in [9.17, 15) is 0 Å². The molecule has 0 saturated carbocycles. The van der Waals surface area contributed by atoms with Gasteiger partial charge in [0.2, 0.25) is 0 Å². The van der Waals surface area contributed by atoms with Gasteiger partial charge in [-0.3, -0.25) is 0 Å². The van der Waals surface area contributed by atoms with Crippen LogP contribution in [0.25, 0.3) is 10.2 Å². The molecule has 2 aromatic carbocycles. The SMILES string of the molecule is COc1ccc(CC(N)c2nc3ccccc3s2)cc1Br. The highest BCUT2D eigenvalue weighted by Gasteiger charge is 2.13. The summed E-state index contributed by atoms with van der Waals surface area (Å²) < 4.78 is 7.36. The van der Waals surface area contributed by atoms with Gasteiger partial charge in [0.25, 0.3) is 0 Å². The van der Waals surface area contributed by atoms with E-state index in [0.29, 0.717) is 0 Å². The first-order valence-electron chi connectivity index (χ1n) is 6.61. The predicted octanol–water partition coefficient (Wildman–Crippen LogP) is 4.31. The largest absolute Gasteiger partial charge is 0.496 e. The number of hydrogen-bond donors (Lipinski definition) is 1. The molecule has 1 atom stereocenters. The molecule has 0 aliphatic rings. The van der Waals surface area contributed by atoms with Gasteiger partial charge in [0.05, 0.1) is 27.8 Å². The minimum absolute atomic E-state index is 0.0947. The zero-order chi connectivity index (χ0) is 14.8. The lowest BCUT2D eigenvalue weighted by molar-refractivity contribution is 0.412. The molecule has 1 heterocycles. The number of nitrogens with zero attached hydrogens (tertiary/aromatic N) is 1. The van der Waals surface area contributed by atoms with Gasteiger partial charge in [-0.15, -0.1) is 11.3 Å². The summed E-state index contributed by atoms with van der Waals surface area (Å²) in [5.74, 6) is 0.826. The minimum atomic E-state index is -0.0947. The van der Waals surface area contributed by atoms with Gasteiger partial charge in [0.1, 0.15) is 10.8 Å². The van der Waals surface area contributed by atoms with E-state index in [1.54, 1.807) is 18.4 Å². The second kappa shape index (κ2) is 6.13. The van der Waals surface area contributed by atoms with E-state index < -0.39 is 0 Å². The van der Waals surface area contributed by atoms with Crippen molar-refractivity contribution in [1.29, 1.82) is 0 Å². The molecule has 0 bridgehead atoms. The molecule has 3 nitrogen and oxygen atoms in total. The van der Waals surface area contributed by atoms with Gasteiger partial charge in [-0.25, -0.2) is 4.98 Å². The highest BCUT2D eigenvalue weighted by molar-refractivity contribution is 9.10. The zero-order valence-electron chi connectivity index (χ0n) is 11.5. The van der Waals surface area contributed by atoms with Gasteiger partial charge >= 0.3 is 0 Å². The third-order valence-corrected chi connectivity index (χ3v) is 5.09. The molecule has 3 rings (SSSR count). The number of nitrogens with two attached hydrogens (primary N) is 1. The Hall–Kier alpha value is -1.43. The van der Waals surface area contributed by atoms with Crippen LogP contribution in [0.3, 0.4) is 0 Å². The Labute approximate surface area is 135 Å². The summed E-state index contributed by atoms with van der Waals surface area (Å²) in [6, 6.07) is 14.1. The van der Waals surface area contributed by atoms with Gasteiger partial charge in [-0.1, -0.05) is 18.2 Å². The number of fused-ring (bicyclic) bond motifs is 1. The van der Waals surface area contributed by atoms with E-state index in [1.165, 1.54) is 4.70 Å². The average molecular weight is 363 g/mol. The molecule has 0 amide bonds. The van der Waals surface area contributed by atoms with Crippen LogP contribution >= 0.6 is 27.3 Å². The number of halogens is 1. The third-order valence-electron chi connectivity index (χ3n) is 3.30. The van der Waals surface area contributed by atoms with E-state index in [-0.39, 0.29) is 6.04 Å². The summed E-state index contributed by atoms with van der Waals surface area (Å²) in [6.45, 7) is 0. The molecule has 0 aliphatic heterocycles. The number of thiazole rings is 1. The summed E-state index contributed by atoms with van der Waals surface area (Å²) in [4.78, 5) is 4.62. The number of methoxy groups -OCH3 is 1. The van der Waals surface area contributed by atoms with Crippen molar-refractivity contribution < 1.29 is 4.74 Å². The number of benzene rings is 2. The van der Waals surface area contributed by atoms with Gasteiger partial charge < -0.3 is 10.5 Å². The summed E-state index contributed by atoms with van der Waals surface area (Å²) in [7, 11) is 1.66. The lowest BCUT2D eigenvalue weighted by Crippen LogP contribution is -2.13. The first kappa shape index (κ1) is 14.5. The summed E-state index contributed by atoms with van der Waals surface area (Å²) in [5.41, 5.74) is 8.49. The summed E-state index contributed by atoms with van der Waals surface area (Å²) >= 11 is 5.17. The predicted molar refractivity (Wildman–Crippen MR) is 90.9 cm³/mol. The van der Waals surface area contributed by atoms with Crippen LogP contribution in [0.2, 0.25) is 0 Å². The molecule has 0 saturated heterocycles. The van der Waals surface area contributed by atoms with Crippen molar-refractivity contribution in [3.63, 3.8) is 0 Å². The van der Waals surface area contributed by atoms with Crippen LogP contribution in [-0.4, -0.2) is 12.1 Å². The fraction of sp³-hybridized carbons (Fsp3) is 0.188. The molecule has 0 radical (unpaired) electrons. The Morgan fingerprint density at radius 1 is 1.29 bits per heavy atom. The third kappa shape index (κ3) is 3.10. The Balaban J connectivity index is 1.82. The maximum Gasteiger partial charge on any atom is 0.133 e. The van der Waals surface area contributed by atoms with Gasteiger partial charge in [0.15, 0.2) is 0 Å². The van der Waals surface area contributed by atoms with E-state index in [0.717, 1.165) is 32.7 Å². The van der Waals surface area contributed by atoms with Crippen LogP contribution in [-0.2, 0) is 6.42 Å². The van der Waals surface area contributed by atoms with E-state index in [1.807, 2.05) is 36.4 Å². The van der Waals surface area contributed by atoms with Crippen LogP contribution in [0, 0.1) is 0 Å². The number of para-hydroxylation sites is 1. The summed E-state index contributed by atoms with van der Waals surface area (Å²) in [5, 5.41) is 0.975. The molecule has 108 valence electrons. The standard InChI is InChI=1S/C16H15BrN2OS/c1-20-14-7-6-10(8-11(14)17)9-12(18)16-19-13-4-2-3-5-15(13)21-16/h2-8,12H,9,18H2,1H3. The Morgan fingerprint density at radius 3 is 2.81 bits per heavy atom. The number of ether oxygens (including phenoxy) is 1. The zero-order valence-corrected chi connectivity index (χ0v) is 13.9. The first-order chi connectivity index (χ1) is 10.2. The van der Waals surface area contributed by atoms with Gasteiger partial charge in [0, 0.05) is 0 Å². The summed E-state index contributed by atoms with van der Waals surface area (Å²) in [6.07, 6.45) is 0.752. The van der Waals surface area contributed by atoms with E-state index >= 15 is 0 Å². The molecule has 3 aromatic rings. The topological polar surface area (TPSA) is 48.1 Å². The van der Waals surface area contributed by atoms with Crippen molar-refractivity contribution in [2.24, 2.45) is 5.73 Å². The minimum Gasteiger partial charge on any atom is -0.496 e. The van der Waals surface area contributed by atoms with Crippen LogP contribution in [0.15, 0.2) is 46.9 Å².